The summed E-state index contributed by atoms with van der Waals surface area (Å²) in [6.45, 7) is 5.80. The molecule has 3 N–H and O–H groups in total. The van der Waals surface area contributed by atoms with Crippen LogP contribution in [-0.2, 0) is 23.4 Å². The maximum Gasteiger partial charge on any atom is 0.380 e. The minimum absolute atomic E-state index is 0.193. The smallest absolute Gasteiger partial charge is 0.380 e. The van der Waals surface area contributed by atoms with Crippen molar-refractivity contribution in [2.75, 3.05) is 12.8 Å². The lowest BCUT2D eigenvalue weighted by Gasteiger charge is -2.27. The van der Waals surface area contributed by atoms with Crippen molar-refractivity contribution in [3.63, 3.8) is 0 Å². The summed E-state index contributed by atoms with van der Waals surface area (Å²) in [7, 11) is -3.99. The maximum absolute atomic E-state index is 13.7. The fourth-order valence-corrected chi connectivity index (χ4v) is 5.71. The molecule has 11 nitrogen and oxygen atoms in total. The standard InChI is InChI=1S/C23H31N2O9PS/c1-14(2)32-20(27)15(3)13-35(30,34-16-8-6-5-7-9-16)31-12-17-19(26)23(4,29)21(33-17)25-11-10-18(36)24-22(25)28/h5-11,14-15,17,19,21,26,29H,12-13H2,1-4H3,(H,24,28,36)/t15-,17-,19?,21-,23-,35?/m1/s1. The van der Waals surface area contributed by atoms with Crippen LogP contribution in [0.15, 0.2) is 47.4 Å². The summed E-state index contributed by atoms with van der Waals surface area (Å²) in [5.74, 6) is -1.13. The Bertz CT molecular complexity index is 1210. The zero-order valence-electron chi connectivity index (χ0n) is 20.4. The molecular weight excluding hydrogens is 511 g/mol. The Kier molecular flexibility index (Phi) is 8.92. The van der Waals surface area contributed by atoms with E-state index < -0.39 is 55.8 Å². The van der Waals surface area contributed by atoms with Crippen molar-refractivity contribution >= 4 is 25.8 Å². The molecular formula is C23H31N2O9PS. The third kappa shape index (κ3) is 6.70. The molecule has 0 bridgehead atoms. The Balaban J connectivity index is 1.80. The number of esters is 1. The van der Waals surface area contributed by atoms with Crippen molar-refractivity contribution in [1.29, 1.82) is 0 Å². The molecule has 6 atom stereocenters. The average Bonchev–Trinajstić information content (AvgIpc) is 3.01. The summed E-state index contributed by atoms with van der Waals surface area (Å²) >= 11 is 4.93. The van der Waals surface area contributed by atoms with Crippen LogP contribution in [0.2, 0.25) is 0 Å². The van der Waals surface area contributed by atoms with Gasteiger partial charge in [-0.05, 0) is 39.0 Å². The summed E-state index contributed by atoms with van der Waals surface area (Å²) in [6, 6.07) is 9.73. The van der Waals surface area contributed by atoms with Crippen LogP contribution in [0.4, 0.5) is 0 Å². The highest BCUT2D eigenvalue weighted by atomic mass is 32.1. The van der Waals surface area contributed by atoms with Crippen molar-refractivity contribution in [3.05, 3.63) is 57.7 Å². The number of nitrogens with one attached hydrogen (secondary N) is 1. The van der Waals surface area contributed by atoms with Crippen LogP contribution >= 0.6 is 19.8 Å². The van der Waals surface area contributed by atoms with Crippen molar-refractivity contribution in [1.82, 2.24) is 9.55 Å². The van der Waals surface area contributed by atoms with Crippen LogP contribution in [0.1, 0.15) is 33.9 Å². The van der Waals surface area contributed by atoms with Gasteiger partial charge in [-0.15, -0.1) is 0 Å². The highest BCUT2D eigenvalue weighted by Crippen LogP contribution is 2.51. The van der Waals surface area contributed by atoms with E-state index in [0.29, 0.717) is 0 Å². The molecule has 1 aromatic heterocycles. The normalized spacial score (nSPS) is 26.4. The van der Waals surface area contributed by atoms with Crippen molar-refractivity contribution < 1.29 is 38.1 Å². The first-order valence-corrected chi connectivity index (χ1v) is 13.5. The number of nitrogens with zero attached hydrogens (tertiary/aromatic N) is 1. The topological polar surface area (TPSA) is 149 Å². The highest BCUT2D eigenvalue weighted by Gasteiger charge is 2.54. The molecule has 2 aromatic rings. The van der Waals surface area contributed by atoms with E-state index in [1.54, 1.807) is 51.1 Å². The van der Waals surface area contributed by atoms with Crippen LogP contribution in [0, 0.1) is 10.6 Å². The maximum atomic E-state index is 13.7. The van der Waals surface area contributed by atoms with Crippen molar-refractivity contribution in [2.45, 2.75) is 57.8 Å². The summed E-state index contributed by atoms with van der Waals surface area (Å²) < 4.78 is 37.3. The molecule has 1 saturated heterocycles. The van der Waals surface area contributed by atoms with Crippen molar-refractivity contribution in [2.24, 2.45) is 5.92 Å². The lowest BCUT2D eigenvalue weighted by Crippen LogP contribution is -2.46. The second kappa shape index (κ2) is 11.4. The van der Waals surface area contributed by atoms with Gasteiger partial charge in [-0.25, -0.2) is 9.36 Å². The Hall–Kier alpha value is -2.34. The number of hydrogen-bond acceptors (Lipinski definition) is 10. The van der Waals surface area contributed by atoms with E-state index in [2.05, 4.69) is 4.98 Å². The predicted molar refractivity (Wildman–Crippen MR) is 132 cm³/mol. The molecule has 0 radical (unpaired) electrons. The zero-order chi connectivity index (χ0) is 26.7. The predicted octanol–water partition coefficient (Wildman–Crippen LogP) is 2.79. The number of aliphatic hydroxyl groups is 2. The molecule has 2 heterocycles. The summed E-state index contributed by atoms with van der Waals surface area (Å²) in [6.07, 6.45) is -3.29. The van der Waals surface area contributed by atoms with E-state index in [0.717, 1.165) is 4.57 Å². The van der Waals surface area contributed by atoms with Gasteiger partial charge in [-0.2, -0.15) is 0 Å². The molecule has 3 rings (SSSR count). The highest BCUT2D eigenvalue weighted by molar-refractivity contribution is 7.71. The largest absolute Gasteiger partial charge is 0.463 e. The fourth-order valence-electron chi connectivity index (χ4n) is 3.69. The quantitative estimate of drug-likeness (QED) is 0.232. The summed E-state index contributed by atoms with van der Waals surface area (Å²) in [5.41, 5.74) is -2.54. The first-order chi connectivity index (χ1) is 16.8. The Morgan fingerprint density at radius 3 is 2.56 bits per heavy atom. The van der Waals surface area contributed by atoms with Gasteiger partial charge in [0.05, 0.1) is 24.8 Å². The molecule has 0 aliphatic carbocycles. The van der Waals surface area contributed by atoms with Crippen LogP contribution < -0.4 is 10.2 Å². The van der Waals surface area contributed by atoms with Crippen LogP contribution in [0.25, 0.3) is 0 Å². The number of carbonyl (C=O) groups excluding carboxylic acids is 1. The molecule has 0 amide bonds. The number of hydrogen-bond donors (Lipinski definition) is 3. The second-order valence-electron chi connectivity index (χ2n) is 9.10. The minimum atomic E-state index is -3.99. The van der Waals surface area contributed by atoms with Gasteiger partial charge in [0.15, 0.2) is 6.23 Å². The van der Waals surface area contributed by atoms with E-state index in [9.17, 15) is 24.4 Å². The first-order valence-electron chi connectivity index (χ1n) is 11.4. The molecule has 2 unspecified atom stereocenters. The minimum Gasteiger partial charge on any atom is -0.463 e. The van der Waals surface area contributed by atoms with E-state index in [4.69, 9.17) is 30.7 Å². The van der Waals surface area contributed by atoms with Crippen molar-refractivity contribution in [3.8, 4) is 5.75 Å². The SMILES string of the molecule is CC(C)OC(=O)[C@H](C)CP(=O)(OC[C@H]1O[C@@H](n2ccc(=S)[nH]c2=O)[C@](C)(O)C1O)Oc1ccccc1. The Labute approximate surface area is 213 Å². The molecule has 1 aliphatic rings. The van der Waals surface area contributed by atoms with E-state index >= 15 is 0 Å². The number of aromatic nitrogens is 2. The molecule has 1 aliphatic heterocycles. The van der Waals surface area contributed by atoms with Crippen LogP contribution in [0.3, 0.4) is 0 Å². The molecule has 0 spiro atoms. The van der Waals surface area contributed by atoms with Gasteiger partial charge < -0.3 is 24.2 Å². The van der Waals surface area contributed by atoms with Gasteiger partial charge in [0.2, 0.25) is 0 Å². The van der Waals surface area contributed by atoms with Gasteiger partial charge in [0, 0.05) is 6.20 Å². The van der Waals surface area contributed by atoms with Gasteiger partial charge in [0.25, 0.3) is 0 Å². The number of benzene rings is 1. The summed E-state index contributed by atoms with van der Waals surface area (Å²) in [5, 5.41) is 21.7. The monoisotopic (exact) mass is 542 g/mol. The third-order valence-corrected chi connectivity index (χ3v) is 7.80. The van der Waals surface area contributed by atoms with Gasteiger partial charge in [-0.1, -0.05) is 37.3 Å². The van der Waals surface area contributed by atoms with E-state index in [1.807, 2.05) is 0 Å². The molecule has 13 heteroatoms. The number of carbonyl (C=O) groups is 1. The van der Waals surface area contributed by atoms with E-state index in [-0.39, 0.29) is 22.7 Å². The number of H-pyrrole nitrogens is 1. The number of rotatable bonds is 10. The Morgan fingerprint density at radius 2 is 1.94 bits per heavy atom. The number of para-hydroxylation sites is 1. The summed E-state index contributed by atoms with van der Waals surface area (Å²) in [4.78, 5) is 27.1. The zero-order valence-corrected chi connectivity index (χ0v) is 22.1. The van der Waals surface area contributed by atoms with Gasteiger partial charge in [-0.3, -0.25) is 18.9 Å². The van der Waals surface area contributed by atoms with Crippen LogP contribution in [-0.4, -0.2) is 62.4 Å². The number of aliphatic hydroxyl groups excluding tert-OH is 1. The van der Waals surface area contributed by atoms with Gasteiger partial charge in [0.1, 0.15) is 28.2 Å². The molecule has 36 heavy (non-hydrogen) atoms. The molecule has 1 aromatic carbocycles. The van der Waals surface area contributed by atoms with Gasteiger partial charge >= 0.3 is 19.3 Å². The first kappa shape index (κ1) is 28.2. The van der Waals surface area contributed by atoms with E-state index in [1.165, 1.54) is 19.2 Å². The lowest BCUT2D eigenvalue weighted by atomic mass is 9.96. The molecule has 198 valence electrons. The number of aromatic amines is 1. The molecule has 1 fully saturated rings. The third-order valence-electron chi connectivity index (χ3n) is 5.53. The second-order valence-corrected chi connectivity index (χ2v) is 11.6. The van der Waals surface area contributed by atoms with Crippen LogP contribution in [0.5, 0.6) is 5.75 Å². The Morgan fingerprint density at radius 1 is 1.28 bits per heavy atom. The number of ether oxygens (including phenoxy) is 2. The lowest BCUT2D eigenvalue weighted by molar-refractivity contribution is -0.151. The average molecular weight is 543 g/mol. The molecule has 0 saturated carbocycles. The fraction of sp³-hybridized carbons (Fsp3) is 0.522.